The summed E-state index contributed by atoms with van der Waals surface area (Å²) in [5, 5.41) is 6.14. The number of carbonyl (C=O) groups excluding carboxylic acids is 1. The van der Waals surface area contributed by atoms with Crippen molar-refractivity contribution in [2.75, 3.05) is 25.6 Å². The van der Waals surface area contributed by atoms with Gasteiger partial charge in [0.15, 0.2) is 0 Å². The van der Waals surface area contributed by atoms with Crippen molar-refractivity contribution in [3.63, 3.8) is 0 Å². The molecule has 0 radical (unpaired) electrons. The van der Waals surface area contributed by atoms with Crippen LogP contribution < -0.4 is 5.32 Å². The molecular formula is C9H14N2O4. The highest BCUT2D eigenvalue weighted by Crippen LogP contribution is 2.17. The molecule has 0 unspecified atom stereocenters. The van der Waals surface area contributed by atoms with Gasteiger partial charge in [-0.25, -0.2) is 4.79 Å². The number of nitrogens with zero attached hydrogens (tertiary/aromatic N) is 1. The fourth-order valence-electron chi connectivity index (χ4n) is 0.878. The molecule has 0 aromatic carbocycles. The summed E-state index contributed by atoms with van der Waals surface area (Å²) >= 11 is 0. The van der Waals surface area contributed by atoms with E-state index in [-0.39, 0.29) is 6.61 Å². The lowest BCUT2D eigenvalue weighted by atomic mass is 10.3. The lowest BCUT2D eigenvalue weighted by Gasteiger charge is -2.03. The van der Waals surface area contributed by atoms with Gasteiger partial charge in [-0.15, -0.1) is 0 Å². The van der Waals surface area contributed by atoms with Crippen LogP contribution in [0, 0.1) is 13.8 Å². The molecule has 1 aromatic rings. The van der Waals surface area contributed by atoms with Gasteiger partial charge in [-0.2, -0.15) is 0 Å². The zero-order chi connectivity index (χ0) is 11.3. The first-order chi connectivity index (χ1) is 7.15. The fraction of sp³-hybridized carbons (Fsp3) is 0.556. The van der Waals surface area contributed by atoms with E-state index in [1.165, 1.54) is 7.11 Å². The van der Waals surface area contributed by atoms with E-state index in [1.54, 1.807) is 13.8 Å². The van der Waals surface area contributed by atoms with Crippen LogP contribution in [0.3, 0.4) is 0 Å². The molecule has 0 atom stereocenters. The van der Waals surface area contributed by atoms with Gasteiger partial charge in [0.2, 0.25) is 5.88 Å². The van der Waals surface area contributed by atoms with Crippen LogP contribution in [0.4, 0.5) is 10.7 Å². The average Bonchev–Trinajstić information content (AvgIpc) is 2.50. The number of hydrogen-bond donors (Lipinski definition) is 1. The molecule has 15 heavy (non-hydrogen) atoms. The topological polar surface area (TPSA) is 73.6 Å². The molecule has 0 bridgehead atoms. The first kappa shape index (κ1) is 11.5. The summed E-state index contributed by atoms with van der Waals surface area (Å²) in [6.07, 6.45) is -0.577. The number of aromatic nitrogens is 1. The Labute approximate surface area is 87.5 Å². The van der Waals surface area contributed by atoms with Crippen molar-refractivity contribution in [1.82, 2.24) is 5.16 Å². The average molecular weight is 214 g/mol. The Hall–Kier alpha value is -1.56. The summed E-state index contributed by atoms with van der Waals surface area (Å²) in [5.41, 5.74) is 1.53. The first-order valence-corrected chi connectivity index (χ1v) is 4.50. The predicted octanol–water partition coefficient (Wildman–Crippen LogP) is 1.49. The molecule has 1 aromatic heterocycles. The normalized spacial score (nSPS) is 10.1. The summed E-state index contributed by atoms with van der Waals surface area (Å²) < 4.78 is 14.4. The van der Waals surface area contributed by atoms with Gasteiger partial charge >= 0.3 is 6.09 Å². The molecule has 0 aliphatic heterocycles. The number of aryl methyl sites for hydroxylation is 1. The lowest BCUT2D eigenvalue weighted by Crippen LogP contribution is -2.16. The molecule has 1 heterocycles. The van der Waals surface area contributed by atoms with Gasteiger partial charge in [0, 0.05) is 12.7 Å². The van der Waals surface area contributed by atoms with Crippen molar-refractivity contribution in [1.29, 1.82) is 0 Å². The summed E-state index contributed by atoms with van der Waals surface area (Å²) in [7, 11) is 1.53. The molecule has 1 amide bonds. The molecular weight excluding hydrogens is 200 g/mol. The number of methoxy groups -OCH3 is 1. The van der Waals surface area contributed by atoms with E-state index in [0.29, 0.717) is 12.5 Å². The maximum absolute atomic E-state index is 11.2. The summed E-state index contributed by atoms with van der Waals surface area (Å²) in [5.74, 6) is 0.315. The number of carbonyl (C=O) groups is 1. The summed E-state index contributed by atoms with van der Waals surface area (Å²) in [6.45, 7) is 4.16. The standard InChI is InChI=1S/C9H14N2O4/c1-6-7(2)11-15-8(6)10-9(12)14-5-4-13-3/h4-5H2,1-3H3,(H,10,12). The van der Waals surface area contributed by atoms with Crippen molar-refractivity contribution in [3.05, 3.63) is 11.3 Å². The van der Waals surface area contributed by atoms with E-state index < -0.39 is 6.09 Å². The SMILES string of the molecule is COCCOC(=O)Nc1onc(C)c1C. The van der Waals surface area contributed by atoms with E-state index >= 15 is 0 Å². The highest BCUT2D eigenvalue weighted by atomic mass is 16.6. The predicted molar refractivity (Wildman–Crippen MR) is 52.8 cm³/mol. The first-order valence-electron chi connectivity index (χ1n) is 4.50. The number of anilines is 1. The number of rotatable bonds is 4. The molecule has 1 rings (SSSR count). The second kappa shape index (κ2) is 5.35. The van der Waals surface area contributed by atoms with Crippen LogP contribution >= 0.6 is 0 Å². The molecule has 0 spiro atoms. The lowest BCUT2D eigenvalue weighted by molar-refractivity contribution is 0.107. The minimum absolute atomic E-state index is 0.203. The Bertz CT molecular complexity index is 335. The number of nitrogens with one attached hydrogen (secondary N) is 1. The third-order valence-corrected chi connectivity index (χ3v) is 1.89. The number of amides is 1. The molecule has 6 nitrogen and oxygen atoms in total. The third-order valence-electron chi connectivity index (χ3n) is 1.89. The van der Waals surface area contributed by atoms with Gasteiger partial charge in [-0.3, -0.25) is 5.32 Å². The van der Waals surface area contributed by atoms with Crippen molar-refractivity contribution in [2.45, 2.75) is 13.8 Å². The van der Waals surface area contributed by atoms with Crippen LogP contribution in [0.15, 0.2) is 4.52 Å². The molecule has 0 saturated carbocycles. The van der Waals surface area contributed by atoms with Crippen LogP contribution in [0.2, 0.25) is 0 Å². The van der Waals surface area contributed by atoms with Gasteiger partial charge in [0.05, 0.1) is 12.3 Å². The zero-order valence-corrected chi connectivity index (χ0v) is 8.99. The van der Waals surface area contributed by atoms with Crippen LogP contribution in [-0.2, 0) is 9.47 Å². The van der Waals surface area contributed by atoms with Crippen LogP contribution in [0.1, 0.15) is 11.3 Å². The van der Waals surface area contributed by atoms with Crippen molar-refractivity contribution >= 4 is 12.0 Å². The Morgan fingerprint density at radius 1 is 1.47 bits per heavy atom. The Kier molecular flexibility index (Phi) is 4.11. The highest BCUT2D eigenvalue weighted by molar-refractivity contribution is 5.83. The largest absolute Gasteiger partial charge is 0.447 e. The van der Waals surface area contributed by atoms with Crippen LogP contribution in [0.25, 0.3) is 0 Å². The van der Waals surface area contributed by atoms with Crippen molar-refractivity contribution < 1.29 is 18.8 Å². The van der Waals surface area contributed by atoms with E-state index in [2.05, 4.69) is 10.5 Å². The van der Waals surface area contributed by atoms with E-state index in [4.69, 9.17) is 14.0 Å². The van der Waals surface area contributed by atoms with Gasteiger partial charge in [-0.05, 0) is 13.8 Å². The number of hydrogen-bond acceptors (Lipinski definition) is 5. The molecule has 84 valence electrons. The van der Waals surface area contributed by atoms with Crippen LogP contribution in [-0.4, -0.2) is 31.6 Å². The molecule has 0 fully saturated rings. The second-order valence-corrected chi connectivity index (χ2v) is 2.98. The van der Waals surface area contributed by atoms with Crippen molar-refractivity contribution in [2.24, 2.45) is 0 Å². The molecule has 0 aliphatic rings. The van der Waals surface area contributed by atoms with E-state index in [0.717, 1.165) is 11.3 Å². The van der Waals surface area contributed by atoms with Gasteiger partial charge < -0.3 is 14.0 Å². The maximum Gasteiger partial charge on any atom is 0.414 e. The van der Waals surface area contributed by atoms with Crippen molar-refractivity contribution in [3.8, 4) is 0 Å². The summed E-state index contributed by atoms with van der Waals surface area (Å²) in [4.78, 5) is 11.2. The Balaban J connectivity index is 2.41. The molecule has 1 N–H and O–H groups in total. The minimum Gasteiger partial charge on any atom is -0.447 e. The quantitative estimate of drug-likeness (QED) is 0.768. The zero-order valence-electron chi connectivity index (χ0n) is 8.99. The Morgan fingerprint density at radius 2 is 2.20 bits per heavy atom. The van der Waals surface area contributed by atoms with Gasteiger partial charge in [-0.1, -0.05) is 5.16 Å². The van der Waals surface area contributed by atoms with E-state index in [9.17, 15) is 4.79 Å². The number of ether oxygens (including phenoxy) is 2. The fourth-order valence-corrected chi connectivity index (χ4v) is 0.878. The molecule has 0 aliphatic carbocycles. The van der Waals surface area contributed by atoms with Gasteiger partial charge in [0.1, 0.15) is 6.61 Å². The second-order valence-electron chi connectivity index (χ2n) is 2.98. The third kappa shape index (κ3) is 3.25. The highest BCUT2D eigenvalue weighted by Gasteiger charge is 2.11. The molecule has 6 heteroatoms. The Morgan fingerprint density at radius 3 is 2.73 bits per heavy atom. The molecule has 0 saturated heterocycles. The minimum atomic E-state index is -0.577. The van der Waals surface area contributed by atoms with E-state index in [1.807, 2.05) is 0 Å². The van der Waals surface area contributed by atoms with Gasteiger partial charge in [0.25, 0.3) is 0 Å². The maximum atomic E-state index is 11.2. The van der Waals surface area contributed by atoms with Crippen LogP contribution in [0.5, 0.6) is 0 Å². The monoisotopic (exact) mass is 214 g/mol. The smallest absolute Gasteiger partial charge is 0.414 e. The summed E-state index contributed by atoms with van der Waals surface area (Å²) in [6, 6.07) is 0.